The quantitative estimate of drug-likeness (QED) is 0.680. The number of hydrogen-bond acceptors (Lipinski definition) is 4. The summed E-state index contributed by atoms with van der Waals surface area (Å²) in [7, 11) is 0. The first-order chi connectivity index (χ1) is 7.39. The Hall–Kier alpha value is -0.710. The third-order valence-corrected chi connectivity index (χ3v) is 3.61. The summed E-state index contributed by atoms with van der Waals surface area (Å²) in [6.45, 7) is 3.58. The van der Waals surface area contributed by atoms with Crippen LogP contribution in [0.2, 0.25) is 0 Å². The molecule has 1 aliphatic heterocycles. The molecule has 0 aromatic carbocycles. The Bertz CT molecular complexity index is 334. The molecular weight excluding hydrogens is 208 g/mol. The Morgan fingerprint density at radius 3 is 2.88 bits per heavy atom. The van der Waals surface area contributed by atoms with E-state index < -0.39 is 23.2 Å². The van der Waals surface area contributed by atoms with E-state index in [-0.39, 0.29) is 18.8 Å². The summed E-state index contributed by atoms with van der Waals surface area (Å²) < 4.78 is 5.82. The van der Waals surface area contributed by atoms with Crippen molar-refractivity contribution in [3.63, 3.8) is 0 Å². The number of ketones is 1. The number of rotatable bonds is 1. The maximum absolute atomic E-state index is 11.4. The molecular formula is C12H18O4. The van der Waals surface area contributed by atoms with Crippen molar-refractivity contribution in [3.8, 4) is 0 Å². The molecule has 16 heavy (non-hydrogen) atoms. The monoisotopic (exact) mass is 226 g/mol. The van der Waals surface area contributed by atoms with Crippen molar-refractivity contribution in [2.24, 2.45) is 5.41 Å². The molecule has 0 amide bonds. The molecule has 0 spiro atoms. The van der Waals surface area contributed by atoms with Gasteiger partial charge in [0, 0.05) is 12.8 Å². The lowest BCUT2D eigenvalue weighted by molar-refractivity contribution is -0.216. The molecule has 2 rings (SSSR count). The third kappa shape index (κ3) is 1.71. The Balaban J connectivity index is 2.36. The first-order valence-electron chi connectivity index (χ1n) is 5.58. The van der Waals surface area contributed by atoms with Crippen molar-refractivity contribution < 1.29 is 19.7 Å². The lowest BCUT2D eigenvalue weighted by Crippen LogP contribution is -2.59. The topological polar surface area (TPSA) is 66.8 Å². The molecule has 2 aliphatic rings. The number of hydrogen-bond donors (Lipinski definition) is 2. The average Bonchev–Trinajstić information content (AvgIpc) is 2.15. The van der Waals surface area contributed by atoms with Gasteiger partial charge in [0.2, 0.25) is 0 Å². The summed E-state index contributed by atoms with van der Waals surface area (Å²) in [5.74, 6) is -0.0148. The van der Waals surface area contributed by atoms with E-state index in [1.807, 2.05) is 13.8 Å². The van der Waals surface area contributed by atoms with Crippen molar-refractivity contribution >= 4 is 5.78 Å². The van der Waals surface area contributed by atoms with Gasteiger partial charge >= 0.3 is 0 Å². The van der Waals surface area contributed by atoms with Crippen LogP contribution in [0.15, 0.2) is 12.2 Å². The van der Waals surface area contributed by atoms with E-state index in [4.69, 9.17) is 4.74 Å². The minimum Gasteiger partial charge on any atom is -0.395 e. The van der Waals surface area contributed by atoms with Crippen LogP contribution in [0.4, 0.5) is 0 Å². The largest absolute Gasteiger partial charge is 0.395 e. The van der Waals surface area contributed by atoms with Crippen molar-refractivity contribution in [2.45, 2.75) is 44.5 Å². The molecule has 3 atom stereocenters. The minimum atomic E-state index is -0.802. The van der Waals surface area contributed by atoms with Gasteiger partial charge in [0.25, 0.3) is 0 Å². The second-order valence-corrected chi connectivity index (χ2v) is 5.36. The Morgan fingerprint density at radius 1 is 1.56 bits per heavy atom. The highest BCUT2D eigenvalue weighted by molar-refractivity contribution is 5.91. The molecule has 0 radical (unpaired) electrons. The van der Waals surface area contributed by atoms with Crippen LogP contribution in [-0.2, 0) is 9.53 Å². The number of carbonyl (C=O) groups is 1. The van der Waals surface area contributed by atoms with Crippen LogP contribution in [0, 0.1) is 5.41 Å². The Morgan fingerprint density at radius 2 is 2.25 bits per heavy atom. The molecule has 4 nitrogen and oxygen atoms in total. The fourth-order valence-corrected chi connectivity index (χ4v) is 2.62. The van der Waals surface area contributed by atoms with E-state index in [1.54, 1.807) is 6.08 Å². The summed E-state index contributed by atoms with van der Waals surface area (Å²) in [6, 6.07) is 0. The van der Waals surface area contributed by atoms with Gasteiger partial charge in [0.05, 0.1) is 29.8 Å². The summed E-state index contributed by atoms with van der Waals surface area (Å²) >= 11 is 0. The van der Waals surface area contributed by atoms with Gasteiger partial charge in [-0.1, -0.05) is 6.08 Å². The first-order valence-corrected chi connectivity index (χ1v) is 5.58. The van der Waals surface area contributed by atoms with Crippen molar-refractivity contribution in [1.82, 2.24) is 0 Å². The fraction of sp³-hybridized carbons (Fsp3) is 0.750. The number of allylic oxidation sites excluding steroid dienone is 1. The van der Waals surface area contributed by atoms with Gasteiger partial charge in [0.1, 0.15) is 0 Å². The zero-order valence-electron chi connectivity index (χ0n) is 9.64. The smallest absolute Gasteiger partial charge is 0.158 e. The Kier molecular flexibility index (Phi) is 2.69. The van der Waals surface area contributed by atoms with Gasteiger partial charge < -0.3 is 14.9 Å². The standard InChI is InChI=1S/C12H18O4/c1-11(2)6-9(15)12(7-13)4-3-8(14)5-10(12)16-11/h3-4,9-10,13,15H,5-7H2,1-2H3/t9-,10?,12+/m1/s1. The highest BCUT2D eigenvalue weighted by Gasteiger charge is 2.53. The van der Waals surface area contributed by atoms with E-state index in [1.165, 1.54) is 6.08 Å². The number of aliphatic hydroxyl groups excluding tert-OH is 2. The van der Waals surface area contributed by atoms with Crippen LogP contribution >= 0.6 is 0 Å². The minimum absolute atomic E-state index is 0.0148. The van der Waals surface area contributed by atoms with Gasteiger partial charge in [-0.25, -0.2) is 0 Å². The second kappa shape index (κ2) is 3.65. The lowest BCUT2D eigenvalue weighted by atomic mass is 9.67. The van der Waals surface area contributed by atoms with Gasteiger partial charge in [-0.15, -0.1) is 0 Å². The predicted octanol–water partition coefficient (Wildman–Crippen LogP) is 0.422. The van der Waals surface area contributed by atoms with Gasteiger partial charge in [-0.05, 0) is 19.9 Å². The third-order valence-electron chi connectivity index (χ3n) is 3.61. The van der Waals surface area contributed by atoms with E-state index in [0.717, 1.165) is 0 Å². The molecule has 0 aromatic rings. The van der Waals surface area contributed by atoms with Crippen molar-refractivity contribution in [3.05, 3.63) is 12.2 Å². The van der Waals surface area contributed by atoms with Crippen molar-refractivity contribution in [2.75, 3.05) is 6.61 Å². The molecule has 1 unspecified atom stereocenters. The summed E-state index contributed by atoms with van der Waals surface area (Å²) in [5.41, 5.74) is -1.25. The molecule has 0 bridgehead atoms. The van der Waals surface area contributed by atoms with Gasteiger partial charge in [-0.2, -0.15) is 0 Å². The molecule has 0 saturated carbocycles. The molecule has 1 saturated heterocycles. The van der Waals surface area contributed by atoms with Crippen LogP contribution in [0.1, 0.15) is 26.7 Å². The van der Waals surface area contributed by atoms with E-state index >= 15 is 0 Å². The number of ether oxygens (including phenoxy) is 1. The zero-order chi connectivity index (χ0) is 12.0. The van der Waals surface area contributed by atoms with Gasteiger partial charge in [-0.3, -0.25) is 4.79 Å². The maximum Gasteiger partial charge on any atom is 0.158 e. The SMILES string of the molecule is CC1(C)C[C@@H](O)[C@@]2(CO)C=CC(=O)CC2O1. The summed E-state index contributed by atoms with van der Waals surface area (Å²) in [4.78, 5) is 11.4. The maximum atomic E-state index is 11.4. The van der Waals surface area contributed by atoms with E-state index in [9.17, 15) is 15.0 Å². The fourth-order valence-electron chi connectivity index (χ4n) is 2.62. The van der Waals surface area contributed by atoms with E-state index in [0.29, 0.717) is 6.42 Å². The lowest BCUT2D eigenvalue weighted by Gasteiger charge is -2.51. The zero-order valence-corrected chi connectivity index (χ0v) is 9.64. The van der Waals surface area contributed by atoms with Crippen LogP contribution < -0.4 is 0 Å². The Labute approximate surface area is 94.9 Å². The number of carbonyl (C=O) groups excluding carboxylic acids is 1. The molecule has 0 aromatic heterocycles. The average molecular weight is 226 g/mol. The molecule has 4 heteroatoms. The number of fused-ring (bicyclic) bond motifs is 1. The van der Waals surface area contributed by atoms with Crippen LogP contribution in [0.5, 0.6) is 0 Å². The predicted molar refractivity (Wildman–Crippen MR) is 57.9 cm³/mol. The molecule has 2 N–H and O–H groups in total. The van der Waals surface area contributed by atoms with Crippen LogP contribution in [0.25, 0.3) is 0 Å². The van der Waals surface area contributed by atoms with Crippen LogP contribution in [-0.4, -0.2) is 40.4 Å². The van der Waals surface area contributed by atoms with Gasteiger partial charge in [0.15, 0.2) is 5.78 Å². The number of aliphatic hydroxyl groups is 2. The highest BCUT2D eigenvalue weighted by Crippen LogP contribution is 2.45. The highest BCUT2D eigenvalue weighted by atomic mass is 16.5. The molecule has 1 aliphatic carbocycles. The molecule has 90 valence electrons. The molecule has 1 fully saturated rings. The first kappa shape index (κ1) is 11.8. The summed E-state index contributed by atoms with van der Waals surface area (Å²) in [5, 5.41) is 19.7. The van der Waals surface area contributed by atoms with Crippen molar-refractivity contribution in [1.29, 1.82) is 0 Å². The van der Waals surface area contributed by atoms with Crippen LogP contribution in [0.3, 0.4) is 0 Å². The molecule has 1 heterocycles. The summed E-state index contributed by atoms with van der Waals surface area (Å²) in [6.07, 6.45) is 2.66. The van der Waals surface area contributed by atoms with E-state index in [2.05, 4.69) is 0 Å². The second-order valence-electron chi connectivity index (χ2n) is 5.36. The normalized spacial score (nSPS) is 41.9.